The van der Waals surface area contributed by atoms with E-state index in [-0.39, 0.29) is 5.15 Å². The topological polar surface area (TPSA) is 65.2 Å². The molecule has 1 rings (SSSR count). The van der Waals surface area contributed by atoms with Gasteiger partial charge in [-0.25, -0.2) is 4.98 Å². The predicted molar refractivity (Wildman–Crippen MR) is 44.4 cm³/mol. The number of hydrogen-bond donors (Lipinski definition) is 1. The van der Waals surface area contributed by atoms with Crippen LogP contribution < -0.4 is 10.5 Å². The summed E-state index contributed by atoms with van der Waals surface area (Å²) in [6, 6.07) is 2.13. The van der Waals surface area contributed by atoms with Crippen LogP contribution in [0.2, 0.25) is 5.15 Å². The molecule has 8 heteroatoms. The molecular formula is C7H4ClF3N2O2. The van der Waals surface area contributed by atoms with Crippen LogP contribution in [0.1, 0.15) is 10.4 Å². The lowest BCUT2D eigenvalue weighted by molar-refractivity contribution is -0.276. The van der Waals surface area contributed by atoms with Crippen molar-refractivity contribution < 1.29 is 22.7 Å². The van der Waals surface area contributed by atoms with Crippen molar-refractivity contribution in [3.8, 4) is 5.88 Å². The van der Waals surface area contributed by atoms with E-state index in [9.17, 15) is 18.0 Å². The lowest BCUT2D eigenvalue weighted by atomic mass is 10.2. The molecule has 0 atom stereocenters. The van der Waals surface area contributed by atoms with E-state index in [1.54, 1.807) is 0 Å². The molecule has 1 aromatic rings. The summed E-state index contributed by atoms with van der Waals surface area (Å²) in [5, 5.41) is -0.237. The summed E-state index contributed by atoms with van der Waals surface area (Å²) in [4.78, 5) is 13.9. The smallest absolute Gasteiger partial charge is 0.387 e. The SMILES string of the molecule is NC(=O)c1ccc(Cl)nc1OC(F)(F)F. The lowest BCUT2D eigenvalue weighted by Gasteiger charge is -2.10. The molecule has 0 saturated heterocycles. The van der Waals surface area contributed by atoms with E-state index in [2.05, 4.69) is 9.72 Å². The van der Waals surface area contributed by atoms with Gasteiger partial charge in [0.25, 0.3) is 5.91 Å². The second-order valence-corrected chi connectivity index (χ2v) is 2.79. The molecule has 82 valence electrons. The Morgan fingerprint density at radius 3 is 2.53 bits per heavy atom. The first-order valence-corrected chi connectivity index (χ1v) is 3.89. The van der Waals surface area contributed by atoms with Crippen molar-refractivity contribution in [3.05, 3.63) is 22.8 Å². The molecule has 0 fully saturated rings. The Morgan fingerprint density at radius 2 is 2.07 bits per heavy atom. The largest absolute Gasteiger partial charge is 0.574 e. The van der Waals surface area contributed by atoms with E-state index in [4.69, 9.17) is 17.3 Å². The first-order chi connectivity index (χ1) is 6.79. The molecule has 0 spiro atoms. The first-order valence-electron chi connectivity index (χ1n) is 3.51. The fraction of sp³-hybridized carbons (Fsp3) is 0.143. The summed E-state index contributed by atoms with van der Waals surface area (Å²) in [7, 11) is 0. The summed E-state index contributed by atoms with van der Waals surface area (Å²) in [6.07, 6.45) is -4.96. The number of alkyl halides is 3. The number of carbonyl (C=O) groups is 1. The molecule has 0 aliphatic rings. The van der Waals surface area contributed by atoms with Gasteiger partial charge in [0.1, 0.15) is 10.7 Å². The maximum Gasteiger partial charge on any atom is 0.574 e. The number of aromatic nitrogens is 1. The zero-order chi connectivity index (χ0) is 11.6. The average Bonchev–Trinajstić information content (AvgIpc) is 1.99. The predicted octanol–water partition coefficient (Wildman–Crippen LogP) is 1.73. The van der Waals surface area contributed by atoms with Crippen molar-refractivity contribution in [1.82, 2.24) is 4.98 Å². The number of hydrogen-bond acceptors (Lipinski definition) is 3. The van der Waals surface area contributed by atoms with Crippen LogP contribution in [0.25, 0.3) is 0 Å². The van der Waals surface area contributed by atoms with Crippen LogP contribution in [0.3, 0.4) is 0 Å². The van der Waals surface area contributed by atoms with E-state index < -0.39 is 23.7 Å². The van der Waals surface area contributed by atoms with Gasteiger partial charge in [-0.2, -0.15) is 0 Å². The van der Waals surface area contributed by atoms with Crippen molar-refractivity contribution in [1.29, 1.82) is 0 Å². The summed E-state index contributed by atoms with van der Waals surface area (Å²) in [5.74, 6) is -2.04. The van der Waals surface area contributed by atoms with E-state index in [0.717, 1.165) is 12.1 Å². The molecule has 2 N–H and O–H groups in total. The molecule has 1 aromatic heterocycles. The number of primary amides is 1. The van der Waals surface area contributed by atoms with Gasteiger partial charge in [-0.1, -0.05) is 11.6 Å². The standard InChI is InChI=1S/C7H4ClF3N2O2/c8-4-2-1-3(5(12)14)6(13-4)15-7(9,10)11/h1-2H,(H2,12,14). The fourth-order valence-electron chi connectivity index (χ4n) is 0.793. The number of nitrogens with two attached hydrogens (primary N) is 1. The molecule has 0 saturated carbocycles. The number of carbonyl (C=O) groups excluding carboxylic acids is 1. The molecule has 4 nitrogen and oxygen atoms in total. The summed E-state index contributed by atoms with van der Waals surface area (Å²) < 4.78 is 39.1. The highest BCUT2D eigenvalue weighted by atomic mass is 35.5. The van der Waals surface area contributed by atoms with E-state index in [0.29, 0.717) is 0 Å². The molecule has 0 bridgehead atoms. The van der Waals surface area contributed by atoms with Crippen molar-refractivity contribution in [2.45, 2.75) is 6.36 Å². The van der Waals surface area contributed by atoms with Gasteiger partial charge >= 0.3 is 6.36 Å². The number of amides is 1. The van der Waals surface area contributed by atoms with E-state index >= 15 is 0 Å². The number of nitrogens with zero attached hydrogens (tertiary/aromatic N) is 1. The Bertz CT molecular complexity index is 394. The highest BCUT2D eigenvalue weighted by Crippen LogP contribution is 2.25. The van der Waals surface area contributed by atoms with E-state index in [1.165, 1.54) is 0 Å². The van der Waals surface area contributed by atoms with Crippen LogP contribution in [0, 0.1) is 0 Å². The normalized spacial score (nSPS) is 11.2. The highest BCUT2D eigenvalue weighted by molar-refractivity contribution is 6.29. The average molecular weight is 241 g/mol. The van der Waals surface area contributed by atoms with Crippen LogP contribution >= 0.6 is 11.6 Å². The second kappa shape index (κ2) is 3.93. The Labute approximate surface area is 86.8 Å². The summed E-state index contributed by atoms with van der Waals surface area (Å²) in [5.41, 5.74) is 4.32. The number of halogens is 4. The van der Waals surface area contributed by atoms with Crippen LogP contribution in [-0.2, 0) is 0 Å². The molecule has 0 unspecified atom stereocenters. The van der Waals surface area contributed by atoms with Crippen molar-refractivity contribution >= 4 is 17.5 Å². The quantitative estimate of drug-likeness (QED) is 0.801. The Morgan fingerprint density at radius 1 is 1.47 bits per heavy atom. The van der Waals surface area contributed by atoms with Gasteiger partial charge in [0.15, 0.2) is 0 Å². The number of rotatable bonds is 2. The van der Waals surface area contributed by atoms with E-state index in [1.807, 2.05) is 0 Å². The Hall–Kier alpha value is -1.50. The highest BCUT2D eigenvalue weighted by Gasteiger charge is 2.33. The minimum absolute atomic E-state index is 0.237. The van der Waals surface area contributed by atoms with Gasteiger partial charge in [0.05, 0.1) is 0 Å². The maximum atomic E-state index is 11.9. The van der Waals surface area contributed by atoms with Gasteiger partial charge in [0.2, 0.25) is 5.88 Å². The molecule has 15 heavy (non-hydrogen) atoms. The molecule has 1 heterocycles. The third-order valence-corrected chi connectivity index (χ3v) is 1.51. The first kappa shape index (κ1) is 11.6. The van der Waals surface area contributed by atoms with Gasteiger partial charge < -0.3 is 10.5 Å². The van der Waals surface area contributed by atoms with Crippen LogP contribution in [0.4, 0.5) is 13.2 Å². The molecule has 1 amide bonds. The van der Waals surface area contributed by atoms with Gasteiger partial charge in [-0.3, -0.25) is 4.79 Å². The second-order valence-electron chi connectivity index (χ2n) is 2.40. The van der Waals surface area contributed by atoms with Crippen LogP contribution in [0.5, 0.6) is 5.88 Å². The summed E-state index contributed by atoms with van der Waals surface area (Å²) >= 11 is 5.34. The Balaban J connectivity index is 3.13. The minimum atomic E-state index is -4.96. The van der Waals surface area contributed by atoms with Crippen molar-refractivity contribution in [2.24, 2.45) is 5.73 Å². The maximum absolute atomic E-state index is 11.9. The van der Waals surface area contributed by atoms with Crippen molar-refractivity contribution in [3.63, 3.8) is 0 Å². The molecule has 0 aliphatic heterocycles. The molecular weight excluding hydrogens is 237 g/mol. The monoisotopic (exact) mass is 240 g/mol. The van der Waals surface area contributed by atoms with Crippen LogP contribution in [-0.4, -0.2) is 17.3 Å². The van der Waals surface area contributed by atoms with Crippen LogP contribution in [0.15, 0.2) is 12.1 Å². The van der Waals surface area contributed by atoms with Gasteiger partial charge in [0, 0.05) is 0 Å². The molecule has 0 aliphatic carbocycles. The third kappa shape index (κ3) is 3.28. The Kier molecular flexibility index (Phi) is 3.04. The zero-order valence-corrected chi connectivity index (χ0v) is 7.76. The molecule has 0 radical (unpaired) electrons. The minimum Gasteiger partial charge on any atom is -0.387 e. The number of ether oxygens (including phenoxy) is 1. The third-order valence-electron chi connectivity index (χ3n) is 1.30. The number of pyridine rings is 1. The zero-order valence-electron chi connectivity index (χ0n) is 7.01. The molecule has 0 aromatic carbocycles. The van der Waals surface area contributed by atoms with Crippen molar-refractivity contribution in [2.75, 3.05) is 0 Å². The van der Waals surface area contributed by atoms with Gasteiger partial charge in [-0.15, -0.1) is 13.2 Å². The lowest BCUT2D eigenvalue weighted by Crippen LogP contribution is -2.21. The fourth-order valence-corrected chi connectivity index (χ4v) is 0.933. The van der Waals surface area contributed by atoms with Gasteiger partial charge in [-0.05, 0) is 12.1 Å². The summed E-state index contributed by atoms with van der Waals surface area (Å²) in [6.45, 7) is 0.